The third-order valence-electron chi connectivity index (χ3n) is 5.58. The Balaban J connectivity index is 2.54. The summed E-state index contributed by atoms with van der Waals surface area (Å²) in [5.41, 5.74) is 1.59. The summed E-state index contributed by atoms with van der Waals surface area (Å²) in [5.74, 6) is 1.51. The van der Waals surface area contributed by atoms with Crippen molar-refractivity contribution in [2.45, 2.75) is 65.1 Å². The van der Waals surface area contributed by atoms with E-state index >= 15 is 0 Å². The van der Waals surface area contributed by atoms with Gasteiger partial charge in [0.25, 0.3) is 5.91 Å². The zero-order valence-corrected chi connectivity index (χ0v) is 22.2. The van der Waals surface area contributed by atoms with Gasteiger partial charge in [-0.3, -0.25) is 9.59 Å². The molecule has 8 heteroatoms. The molecule has 3 N–H and O–H groups in total. The molecular formula is C29H37N3O5. The predicted molar refractivity (Wildman–Crippen MR) is 144 cm³/mol. The van der Waals surface area contributed by atoms with Gasteiger partial charge in [-0.05, 0) is 57.4 Å². The highest BCUT2D eigenvalue weighted by Crippen LogP contribution is 2.28. The number of carbonyl (C=O) groups is 3. The second-order valence-electron chi connectivity index (χ2n) is 9.70. The summed E-state index contributed by atoms with van der Waals surface area (Å²) in [4.78, 5) is 41.4. The van der Waals surface area contributed by atoms with E-state index in [9.17, 15) is 19.5 Å². The Morgan fingerprint density at radius 2 is 1.76 bits per heavy atom. The molecule has 0 aliphatic rings. The number of terminal acetylenes is 1. The number of para-hydroxylation sites is 1. The number of aliphatic hydroxyl groups is 1. The van der Waals surface area contributed by atoms with E-state index in [1.807, 2.05) is 26.0 Å². The number of aliphatic hydroxyl groups excluding tert-OH is 1. The van der Waals surface area contributed by atoms with Crippen LogP contribution in [0.5, 0.6) is 0 Å². The first-order valence-corrected chi connectivity index (χ1v) is 12.3. The molecule has 2 atom stereocenters. The first-order chi connectivity index (χ1) is 17.5. The Bertz CT molecular complexity index is 1130. The average molecular weight is 508 g/mol. The Labute approximate surface area is 219 Å². The standard InChI is InChI=1S/C29H37N3O5/c1-7-9-18-32(27(35)24(19-33)31-28(36)37-29(4,5)6)25(22-16-12-11-15-21(22)8-2)26(34)30-23-17-13-10-14-20(23)3/h2,10-17,24-25,33H,7,9,18-19H2,1,3-6H3,(H,30,34)(H,31,36). The highest BCUT2D eigenvalue weighted by molar-refractivity contribution is 5.99. The van der Waals surface area contributed by atoms with Crippen LogP contribution in [-0.4, -0.2) is 52.7 Å². The first kappa shape index (κ1) is 29.4. The molecule has 0 aliphatic heterocycles. The van der Waals surface area contributed by atoms with Crippen LogP contribution >= 0.6 is 0 Å². The van der Waals surface area contributed by atoms with Crippen molar-refractivity contribution in [2.24, 2.45) is 0 Å². The summed E-state index contributed by atoms with van der Waals surface area (Å²) < 4.78 is 5.26. The molecule has 0 saturated heterocycles. The highest BCUT2D eigenvalue weighted by Gasteiger charge is 2.37. The van der Waals surface area contributed by atoms with Crippen molar-refractivity contribution in [3.8, 4) is 12.3 Å². The lowest BCUT2D eigenvalue weighted by molar-refractivity contribution is -0.141. The molecular weight excluding hydrogens is 470 g/mol. The number of aryl methyl sites for hydroxylation is 1. The Kier molecular flexibility index (Phi) is 10.7. The van der Waals surface area contributed by atoms with Crippen molar-refractivity contribution in [3.63, 3.8) is 0 Å². The quantitative estimate of drug-likeness (QED) is 0.419. The molecule has 8 nitrogen and oxygen atoms in total. The molecule has 198 valence electrons. The fraction of sp³-hybridized carbons (Fsp3) is 0.414. The van der Waals surface area contributed by atoms with E-state index in [4.69, 9.17) is 11.2 Å². The second-order valence-corrected chi connectivity index (χ2v) is 9.70. The van der Waals surface area contributed by atoms with Crippen molar-refractivity contribution in [1.29, 1.82) is 0 Å². The molecule has 2 unspecified atom stereocenters. The largest absolute Gasteiger partial charge is 0.444 e. The molecule has 3 amide bonds. The fourth-order valence-corrected chi connectivity index (χ4v) is 3.76. The van der Waals surface area contributed by atoms with E-state index in [1.54, 1.807) is 57.2 Å². The van der Waals surface area contributed by atoms with Gasteiger partial charge in [-0.1, -0.05) is 55.7 Å². The number of hydrogen-bond donors (Lipinski definition) is 3. The predicted octanol–water partition coefficient (Wildman–Crippen LogP) is 4.17. The monoisotopic (exact) mass is 507 g/mol. The van der Waals surface area contributed by atoms with Crippen LogP contribution in [0.4, 0.5) is 10.5 Å². The number of unbranched alkanes of at least 4 members (excludes halogenated alkanes) is 1. The molecule has 37 heavy (non-hydrogen) atoms. The van der Waals surface area contributed by atoms with Gasteiger partial charge in [-0.25, -0.2) is 4.79 Å². The maximum absolute atomic E-state index is 13.8. The molecule has 2 rings (SSSR count). The molecule has 0 aliphatic carbocycles. The van der Waals surface area contributed by atoms with Crippen molar-refractivity contribution in [3.05, 3.63) is 65.2 Å². The number of ether oxygens (including phenoxy) is 1. The van der Waals surface area contributed by atoms with Gasteiger partial charge in [0, 0.05) is 17.8 Å². The molecule has 0 bridgehead atoms. The van der Waals surface area contributed by atoms with Crippen LogP contribution in [0.1, 0.15) is 63.3 Å². The zero-order valence-electron chi connectivity index (χ0n) is 22.2. The molecule has 0 aromatic heterocycles. The van der Waals surface area contributed by atoms with Crippen LogP contribution in [0, 0.1) is 19.3 Å². The molecule has 0 heterocycles. The SMILES string of the molecule is C#Cc1ccccc1C(C(=O)Nc1ccccc1C)N(CCCC)C(=O)C(CO)NC(=O)OC(C)(C)C. The minimum Gasteiger partial charge on any atom is -0.444 e. The highest BCUT2D eigenvalue weighted by atomic mass is 16.6. The van der Waals surface area contributed by atoms with Crippen LogP contribution in [0.25, 0.3) is 0 Å². The molecule has 0 fully saturated rings. The maximum Gasteiger partial charge on any atom is 0.408 e. The van der Waals surface area contributed by atoms with E-state index in [0.717, 1.165) is 12.0 Å². The molecule has 2 aromatic rings. The second kappa shape index (κ2) is 13.5. The minimum atomic E-state index is -1.32. The number of amides is 3. The number of hydrogen-bond acceptors (Lipinski definition) is 5. The third-order valence-corrected chi connectivity index (χ3v) is 5.58. The summed E-state index contributed by atoms with van der Waals surface area (Å²) in [7, 11) is 0. The van der Waals surface area contributed by atoms with Gasteiger partial charge in [0.2, 0.25) is 5.91 Å². The van der Waals surface area contributed by atoms with Crippen LogP contribution in [0.15, 0.2) is 48.5 Å². The van der Waals surface area contributed by atoms with Crippen LogP contribution in [-0.2, 0) is 14.3 Å². The van der Waals surface area contributed by atoms with E-state index < -0.39 is 42.2 Å². The van der Waals surface area contributed by atoms with Crippen LogP contribution < -0.4 is 10.6 Å². The van der Waals surface area contributed by atoms with Gasteiger partial charge < -0.3 is 25.4 Å². The third kappa shape index (κ3) is 8.36. The van der Waals surface area contributed by atoms with Crippen molar-refractivity contribution in [2.75, 3.05) is 18.5 Å². The minimum absolute atomic E-state index is 0.201. The number of nitrogens with zero attached hydrogens (tertiary/aromatic N) is 1. The normalized spacial score (nSPS) is 12.6. The van der Waals surface area contributed by atoms with Gasteiger partial charge in [0.1, 0.15) is 17.7 Å². The van der Waals surface area contributed by atoms with E-state index in [-0.39, 0.29) is 6.54 Å². The van der Waals surface area contributed by atoms with Crippen LogP contribution in [0.2, 0.25) is 0 Å². The van der Waals surface area contributed by atoms with Crippen molar-refractivity contribution >= 4 is 23.6 Å². The van der Waals surface area contributed by atoms with Gasteiger partial charge in [-0.15, -0.1) is 6.42 Å². The first-order valence-electron chi connectivity index (χ1n) is 12.3. The summed E-state index contributed by atoms with van der Waals surface area (Å²) in [6.45, 7) is 8.43. The number of alkyl carbamates (subject to hydrolysis) is 1. The Hall–Kier alpha value is -3.83. The summed E-state index contributed by atoms with van der Waals surface area (Å²) in [6, 6.07) is 11.8. The van der Waals surface area contributed by atoms with Gasteiger partial charge in [-0.2, -0.15) is 0 Å². The average Bonchev–Trinajstić information content (AvgIpc) is 2.85. The topological polar surface area (TPSA) is 108 Å². The Morgan fingerprint density at radius 1 is 1.11 bits per heavy atom. The molecule has 0 saturated carbocycles. The fourth-order valence-electron chi connectivity index (χ4n) is 3.76. The van der Waals surface area contributed by atoms with Gasteiger partial charge >= 0.3 is 6.09 Å². The van der Waals surface area contributed by atoms with Crippen LogP contribution in [0.3, 0.4) is 0 Å². The lowest BCUT2D eigenvalue weighted by atomic mass is 9.97. The number of carbonyl (C=O) groups excluding carboxylic acids is 3. The van der Waals surface area contributed by atoms with E-state index in [1.165, 1.54) is 4.90 Å². The lowest BCUT2D eigenvalue weighted by Gasteiger charge is -2.34. The molecule has 0 spiro atoms. The van der Waals surface area contributed by atoms with Gasteiger partial charge in [0.05, 0.1) is 6.61 Å². The van der Waals surface area contributed by atoms with Crippen molar-refractivity contribution < 1.29 is 24.2 Å². The summed E-state index contributed by atoms with van der Waals surface area (Å²) in [5, 5.41) is 15.4. The zero-order chi connectivity index (χ0) is 27.6. The lowest BCUT2D eigenvalue weighted by Crippen LogP contribution is -2.54. The summed E-state index contributed by atoms with van der Waals surface area (Å²) in [6.07, 6.45) is 6.24. The molecule has 2 aromatic carbocycles. The Morgan fingerprint density at radius 3 is 2.35 bits per heavy atom. The number of rotatable bonds is 10. The smallest absolute Gasteiger partial charge is 0.408 e. The van der Waals surface area contributed by atoms with E-state index in [0.29, 0.717) is 23.2 Å². The summed E-state index contributed by atoms with van der Waals surface area (Å²) >= 11 is 0. The van der Waals surface area contributed by atoms with E-state index in [2.05, 4.69) is 16.6 Å². The maximum atomic E-state index is 13.8. The number of nitrogens with one attached hydrogen (secondary N) is 2. The van der Waals surface area contributed by atoms with Gasteiger partial charge in [0.15, 0.2) is 0 Å². The number of benzene rings is 2. The number of anilines is 1. The molecule has 0 radical (unpaired) electrons. The van der Waals surface area contributed by atoms with Crippen molar-refractivity contribution in [1.82, 2.24) is 10.2 Å².